The van der Waals surface area contributed by atoms with Gasteiger partial charge in [0.15, 0.2) is 5.69 Å². The van der Waals surface area contributed by atoms with Crippen LogP contribution >= 0.6 is 0 Å². The fourth-order valence-electron chi connectivity index (χ4n) is 1.37. The largest absolute Gasteiger partial charge is 0.475 e. The van der Waals surface area contributed by atoms with Crippen molar-refractivity contribution in [3.05, 3.63) is 17.5 Å². The molecule has 0 aliphatic heterocycles. The minimum Gasteiger partial charge on any atom is -0.475 e. The Balaban J connectivity index is 2.67. The number of rotatable bonds is 7. The number of hydrogen-bond donors (Lipinski definition) is 2. The summed E-state index contributed by atoms with van der Waals surface area (Å²) >= 11 is 0. The Morgan fingerprint density at radius 1 is 1.53 bits per heavy atom. The maximum atomic E-state index is 11.9. The van der Waals surface area contributed by atoms with Gasteiger partial charge in [-0.15, -0.1) is 0 Å². The summed E-state index contributed by atoms with van der Waals surface area (Å²) in [5.41, 5.74) is -0.0560. The second-order valence-corrected chi connectivity index (χ2v) is 4.36. The lowest BCUT2D eigenvalue weighted by molar-refractivity contribution is 0.0650. The molecule has 1 amide bonds. The summed E-state index contributed by atoms with van der Waals surface area (Å²) in [5.74, 6) is -1.92. The number of ether oxygens (including phenoxy) is 1. The van der Waals surface area contributed by atoms with Crippen LogP contribution in [0.15, 0.2) is 10.6 Å². The summed E-state index contributed by atoms with van der Waals surface area (Å²) in [5, 5.41) is 14.8. The number of carbonyl (C=O) groups is 2. The van der Waals surface area contributed by atoms with Crippen LogP contribution in [0, 0.1) is 5.92 Å². The van der Waals surface area contributed by atoms with E-state index >= 15 is 0 Å². The van der Waals surface area contributed by atoms with Gasteiger partial charge in [0, 0.05) is 12.7 Å². The zero-order valence-corrected chi connectivity index (χ0v) is 11.2. The number of amides is 1. The van der Waals surface area contributed by atoms with Gasteiger partial charge in [-0.3, -0.25) is 4.79 Å². The standard InChI is InChI=1S/C12H18N2O5/c1-4-18-6-9(7(2)3)13-11(15)8-5-10(12(16)17)19-14-8/h5,7,9H,4,6H2,1-3H3,(H,13,15)(H,16,17). The summed E-state index contributed by atoms with van der Waals surface area (Å²) in [6, 6.07) is 0.924. The molecule has 0 spiro atoms. The summed E-state index contributed by atoms with van der Waals surface area (Å²) in [6.07, 6.45) is 0. The number of aromatic nitrogens is 1. The monoisotopic (exact) mass is 270 g/mol. The molecule has 0 bridgehead atoms. The molecule has 1 atom stereocenters. The van der Waals surface area contributed by atoms with Gasteiger partial charge in [0.25, 0.3) is 5.91 Å². The average Bonchev–Trinajstić information content (AvgIpc) is 2.83. The van der Waals surface area contributed by atoms with Gasteiger partial charge in [0.2, 0.25) is 5.76 Å². The van der Waals surface area contributed by atoms with Crippen LogP contribution in [0.2, 0.25) is 0 Å². The molecule has 0 saturated heterocycles. The van der Waals surface area contributed by atoms with E-state index in [0.717, 1.165) is 6.07 Å². The van der Waals surface area contributed by atoms with Crippen LogP contribution < -0.4 is 5.32 Å². The minimum atomic E-state index is -1.26. The van der Waals surface area contributed by atoms with Gasteiger partial charge in [-0.2, -0.15) is 0 Å². The maximum absolute atomic E-state index is 11.9. The number of nitrogens with one attached hydrogen (secondary N) is 1. The molecule has 0 saturated carbocycles. The van der Waals surface area contributed by atoms with E-state index < -0.39 is 11.9 Å². The molecule has 0 aliphatic carbocycles. The first-order valence-electron chi connectivity index (χ1n) is 6.04. The molecule has 1 aromatic heterocycles. The van der Waals surface area contributed by atoms with Gasteiger partial charge in [-0.05, 0) is 12.8 Å². The van der Waals surface area contributed by atoms with Gasteiger partial charge in [-0.1, -0.05) is 19.0 Å². The van der Waals surface area contributed by atoms with E-state index in [1.165, 1.54) is 0 Å². The minimum absolute atomic E-state index is 0.0560. The highest BCUT2D eigenvalue weighted by Gasteiger charge is 2.21. The second-order valence-electron chi connectivity index (χ2n) is 4.36. The Labute approximate surface area is 110 Å². The first kappa shape index (κ1) is 15.2. The van der Waals surface area contributed by atoms with Crippen molar-refractivity contribution in [2.24, 2.45) is 5.92 Å². The first-order valence-corrected chi connectivity index (χ1v) is 6.04. The Morgan fingerprint density at radius 2 is 2.21 bits per heavy atom. The lowest BCUT2D eigenvalue weighted by Gasteiger charge is -2.21. The maximum Gasteiger partial charge on any atom is 0.374 e. The molecule has 0 fully saturated rings. The van der Waals surface area contributed by atoms with Gasteiger partial charge in [-0.25, -0.2) is 4.79 Å². The lowest BCUT2D eigenvalue weighted by Crippen LogP contribution is -2.42. The second kappa shape index (κ2) is 6.89. The molecule has 0 aliphatic rings. The molecule has 106 valence electrons. The molecule has 1 rings (SSSR count). The Kier molecular flexibility index (Phi) is 5.50. The van der Waals surface area contributed by atoms with E-state index in [-0.39, 0.29) is 23.4 Å². The van der Waals surface area contributed by atoms with E-state index in [1.807, 2.05) is 20.8 Å². The fourth-order valence-corrected chi connectivity index (χ4v) is 1.37. The van der Waals surface area contributed by atoms with Gasteiger partial charge in [0.1, 0.15) is 0 Å². The molecule has 1 unspecified atom stereocenters. The summed E-state index contributed by atoms with van der Waals surface area (Å²) in [7, 11) is 0. The molecule has 0 aromatic carbocycles. The molecule has 2 N–H and O–H groups in total. The summed E-state index contributed by atoms with van der Waals surface area (Å²) < 4.78 is 9.81. The van der Waals surface area contributed by atoms with Crippen LogP contribution in [0.4, 0.5) is 0 Å². The summed E-state index contributed by atoms with van der Waals surface area (Å²) in [4.78, 5) is 22.5. The molecule has 7 heteroatoms. The van der Waals surface area contributed by atoms with Crippen molar-refractivity contribution in [3.63, 3.8) is 0 Å². The van der Waals surface area contributed by atoms with E-state index in [1.54, 1.807) is 0 Å². The van der Waals surface area contributed by atoms with Crippen molar-refractivity contribution in [1.29, 1.82) is 0 Å². The predicted octanol–water partition coefficient (Wildman–Crippen LogP) is 1.16. The van der Waals surface area contributed by atoms with Crippen LogP contribution in [-0.2, 0) is 4.74 Å². The van der Waals surface area contributed by atoms with E-state index in [9.17, 15) is 9.59 Å². The number of carboxylic acids is 1. The third-order valence-corrected chi connectivity index (χ3v) is 2.58. The SMILES string of the molecule is CCOCC(NC(=O)c1cc(C(=O)O)on1)C(C)C. The highest BCUT2D eigenvalue weighted by atomic mass is 16.5. The lowest BCUT2D eigenvalue weighted by atomic mass is 10.1. The smallest absolute Gasteiger partial charge is 0.374 e. The van der Waals surface area contributed by atoms with Crippen LogP contribution in [0.1, 0.15) is 41.8 Å². The molecule has 1 heterocycles. The zero-order chi connectivity index (χ0) is 14.4. The van der Waals surface area contributed by atoms with Crippen molar-refractivity contribution < 1.29 is 24.0 Å². The van der Waals surface area contributed by atoms with Crippen LogP contribution in [0.5, 0.6) is 0 Å². The number of aromatic carboxylic acids is 1. The number of nitrogens with zero attached hydrogens (tertiary/aromatic N) is 1. The Hall–Kier alpha value is -1.89. The van der Waals surface area contributed by atoms with Crippen molar-refractivity contribution in [2.75, 3.05) is 13.2 Å². The van der Waals surface area contributed by atoms with E-state index in [4.69, 9.17) is 9.84 Å². The van der Waals surface area contributed by atoms with Crippen molar-refractivity contribution in [3.8, 4) is 0 Å². The fraction of sp³-hybridized carbons (Fsp3) is 0.583. The number of hydrogen-bond acceptors (Lipinski definition) is 5. The van der Waals surface area contributed by atoms with Crippen LogP contribution in [0.25, 0.3) is 0 Å². The Morgan fingerprint density at radius 3 is 2.68 bits per heavy atom. The van der Waals surface area contributed by atoms with Crippen LogP contribution in [0.3, 0.4) is 0 Å². The average molecular weight is 270 g/mol. The number of carboxylic acid groups (broad SMARTS) is 1. The van der Waals surface area contributed by atoms with Crippen molar-refractivity contribution in [2.45, 2.75) is 26.8 Å². The Bertz CT molecular complexity index is 441. The number of carbonyl (C=O) groups excluding carboxylic acids is 1. The highest BCUT2D eigenvalue weighted by Crippen LogP contribution is 2.07. The normalized spacial score (nSPS) is 12.4. The molecule has 7 nitrogen and oxygen atoms in total. The quantitative estimate of drug-likeness (QED) is 0.771. The highest BCUT2D eigenvalue weighted by molar-refractivity contribution is 5.94. The molecular formula is C12H18N2O5. The third-order valence-electron chi connectivity index (χ3n) is 2.58. The third kappa shape index (κ3) is 4.36. The molecule has 1 aromatic rings. The van der Waals surface area contributed by atoms with Crippen molar-refractivity contribution in [1.82, 2.24) is 10.5 Å². The van der Waals surface area contributed by atoms with E-state index in [0.29, 0.717) is 13.2 Å². The zero-order valence-electron chi connectivity index (χ0n) is 11.2. The van der Waals surface area contributed by atoms with Crippen LogP contribution in [-0.4, -0.2) is 41.4 Å². The van der Waals surface area contributed by atoms with Crippen molar-refractivity contribution >= 4 is 11.9 Å². The van der Waals surface area contributed by atoms with E-state index in [2.05, 4.69) is 15.0 Å². The van der Waals surface area contributed by atoms with Gasteiger partial charge >= 0.3 is 5.97 Å². The molecular weight excluding hydrogens is 252 g/mol. The molecule has 19 heavy (non-hydrogen) atoms. The predicted molar refractivity (Wildman–Crippen MR) is 66.0 cm³/mol. The van der Waals surface area contributed by atoms with Gasteiger partial charge < -0.3 is 19.7 Å². The topological polar surface area (TPSA) is 102 Å². The molecule has 0 radical (unpaired) electrons. The van der Waals surface area contributed by atoms with Gasteiger partial charge in [0.05, 0.1) is 12.6 Å². The summed E-state index contributed by atoms with van der Waals surface area (Å²) in [6.45, 7) is 6.73. The first-order chi connectivity index (χ1) is 8.95.